The molecule has 114 valence electrons. The van der Waals surface area contributed by atoms with Crippen LogP contribution in [0.4, 0.5) is 17.6 Å². The summed E-state index contributed by atoms with van der Waals surface area (Å²) in [5.41, 5.74) is 0.575. The van der Waals surface area contributed by atoms with Gasteiger partial charge in [-0.1, -0.05) is 0 Å². The number of fused-ring (bicyclic) bond motifs is 1. The molecule has 1 aromatic carbocycles. The summed E-state index contributed by atoms with van der Waals surface area (Å²) in [4.78, 5) is 7.92. The van der Waals surface area contributed by atoms with Crippen molar-refractivity contribution in [2.75, 3.05) is 0 Å². The summed E-state index contributed by atoms with van der Waals surface area (Å²) in [5, 5.41) is 0. The summed E-state index contributed by atoms with van der Waals surface area (Å²) in [6, 6.07) is 6.62. The van der Waals surface area contributed by atoms with Gasteiger partial charge in [0, 0.05) is 12.6 Å². The van der Waals surface area contributed by atoms with Crippen molar-refractivity contribution in [2.24, 2.45) is 7.05 Å². The number of pyridine rings is 1. The number of imidazole rings is 1. The first-order valence-corrected chi connectivity index (χ1v) is 6.44. The summed E-state index contributed by atoms with van der Waals surface area (Å²) in [5.74, 6) is 0.0879. The van der Waals surface area contributed by atoms with Crippen molar-refractivity contribution in [3.8, 4) is 11.4 Å². The lowest BCUT2D eigenvalue weighted by molar-refractivity contribution is -0.141. The highest BCUT2D eigenvalue weighted by Gasteiger charge is 2.33. The number of alkyl halides is 3. The van der Waals surface area contributed by atoms with Gasteiger partial charge >= 0.3 is 6.18 Å². The van der Waals surface area contributed by atoms with Gasteiger partial charge in [0.05, 0.1) is 0 Å². The maximum Gasteiger partial charge on any atom is 0.433 e. The summed E-state index contributed by atoms with van der Waals surface area (Å²) in [6.07, 6.45) is -4.51. The SMILES string of the molecule is Cc1cc(-c2nc3ccc(C(F)(F)F)nc3n2C)ccc1F. The summed E-state index contributed by atoms with van der Waals surface area (Å²) >= 11 is 0. The maximum atomic E-state index is 13.3. The molecule has 0 bridgehead atoms. The second kappa shape index (κ2) is 4.79. The van der Waals surface area contributed by atoms with Crippen molar-refractivity contribution in [3.63, 3.8) is 0 Å². The third-order valence-corrected chi connectivity index (χ3v) is 3.42. The number of halogens is 4. The van der Waals surface area contributed by atoms with Crippen LogP contribution < -0.4 is 0 Å². The fraction of sp³-hybridized carbons (Fsp3) is 0.200. The zero-order chi connectivity index (χ0) is 16.1. The van der Waals surface area contributed by atoms with E-state index in [2.05, 4.69) is 9.97 Å². The summed E-state index contributed by atoms with van der Waals surface area (Å²) in [7, 11) is 1.58. The van der Waals surface area contributed by atoms with E-state index < -0.39 is 11.9 Å². The van der Waals surface area contributed by atoms with Crippen molar-refractivity contribution in [3.05, 3.63) is 47.4 Å². The topological polar surface area (TPSA) is 30.7 Å². The number of hydrogen-bond acceptors (Lipinski definition) is 2. The van der Waals surface area contributed by atoms with Gasteiger partial charge in [0.25, 0.3) is 0 Å². The van der Waals surface area contributed by atoms with E-state index in [1.54, 1.807) is 20.0 Å². The number of benzene rings is 1. The Morgan fingerprint density at radius 3 is 2.41 bits per heavy atom. The molecule has 0 fully saturated rings. The van der Waals surface area contributed by atoms with Gasteiger partial charge in [-0.15, -0.1) is 0 Å². The van der Waals surface area contributed by atoms with Crippen LogP contribution >= 0.6 is 0 Å². The standard InChI is InChI=1S/C15H11F4N3/c1-8-7-9(3-4-10(8)16)13-20-11-5-6-12(15(17,18)19)21-14(11)22(13)2/h3-7H,1-2H3. The average molecular weight is 309 g/mol. The lowest BCUT2D eigenvalue weighted by Gasteiger charge is -2.06. The highest BCUT2D eigenvalue weighted by Crippen LogP contribution is 2.30. The van der Waals surface area contributed by atoms with Crippen LogP contribution in [0.3, 0.4) is 0 Å². The van der Waals surface area contributed by atoms with E-state index in [1.165, 1.54) is 22.8 Å². The Bertz CT molecular complexity index is 865. The van der Waals surface area contributed by atoms with Crippen LogP contribution in [-0.4, -0.2) is 14.5 Å². The van der Waals surface area contributed by atoms with Gasteiger partial charge in [-0.2, -0.15) is 13.2 Å². The van der Waals surface area contributed by atoms with Crippen LogP contribution in [0.15, 0.2) is 30.3 Å². The van der Waals surface area contributed by atoms with Crippen LogP contribution in [0.5, 0.6) is 0 Å². The minimum absolute atomic E-state index is 0.131. The number of nitrogens with zero attached hydrogens (tertiary/aromatic N) is 3. The Hall–Kier alpha value is -2.44. The van der Waals surface area contributed by atoms with Crippen LogP contribution in [0.1, 0.15) is 11.3 Å². The molecule has 0 N–H and O–H groups in total. The molecule has 0 atom stereocenters. The Labute approximate surface area is 123 Å². The molecule has 0 radical (unpaired) electrons. The molecular formula is C15H11F4N3. The van der Waals surface area contributed by atoms with Crippen LogP contribution in [0.25, 0.3) is 22.6 Å². The molecule has 3 nitrogen and oxygen atoms in total. The van der Waals surface area contributed by atoms with Gasteiger partial charge < -0.3 is 4.57 Å². The molecule has 3 rings (SSSR count). The Balaban J connectivity index is 2.19. The minimum Gasteiger partial charge on any atom is -0.312 e. The van der Waals surface area contributed by atoms with E-state index in [9.17, 15) is 17.6 Å². The first-order chi connectivity index (χ1) is 10.3. The molecule has 0 aliphatic rings. The highest BCUT2D eigenvalue weighted by molar-refractivity contribution is 5.77. The smallest absolute Gasteiger partial charge is 0.312 e. The molecule has 3 aromatic rings. The van der Waals surface area contributed by atoms with Gasteiger partial charge in [0.1, 0.15) is 22.9 Å². The second-order valence-corrected chi connectivity index (χ2v) is 5.00. The number of rotatable bonds is 1. The van der Waals surface area contributed by atoms with Crippen molar-refractivity contribution in [1.82, 2.24) is 14.5 Å². The van der Waals surface area contributed by atoms with Crippen LogP contribution in [0.2, 0.25) is 0 Å². The van der Waals surface area contributed by atoms with E-state index in [1.807, 2.05) is 0 Å². The molecule has 0 saturated carbocycles. The predicted molar refractivity (Wildman–Crippen MR) is 73.6 cm³/mol. The van der Waals surface area contributed by atoms with Crippen molar-refractivity contribution < 1.29 is 17.6 Å². The summed E-state index contributed by atoms with van der Waals surface area (Å²) < 4.78 is 53.0. The molecule has 7 heteroatoms. The van der Waals surface area contributed by atoms with Gasteiger partial charge in [-0.05, 0) is 42.8 Å². The molecule has 2 aromatic heterocycles. The molecule has 0 saturated heterocycles. The Morgan fingerprint density at radius 1 is 1.05 bits per heavy atom. The lowest BCUT2D eigenvalue weighted by atomic mass is 10.1. The van der Waals surface area contributed by atoms with Crippen LogP contribution in [0, 0.1) is 12.7 Å². The number of hydrogen-bond donors (Lipinski definition) is 0. The molecule has 0 spiro atoms. The minimum atomic E-state index is -4.51. The van der Waals surface area contributed by atoms with E-state index >= 15 is 0 Å². The number of aryl methyl sites for hydroxylation is 2. The first kappa shape index (κ1) is 14.5. The Kier molecular flexibility index (Phi) is 3.16. The molecule has 22 heavy (non-hydrogen) atoms. The Morgan fingerprint density at radius 2 is 1.77 bits per heavy atom. The van der Waals surface area contributed by atoms with Crippen molar-refractivity contribution in [2.45, 2.75) is 13.1 Å². The zero-order valence-corrected chi connectivity index (χ0v) is 11.7. The van der Waals surface area contributed by atoms with E-state index in [4.69, 9.17) is 0 Å². The van der Waals surface area contributed by atoms with Gasteiger partial charge in [0.2, 0.25) is 0 Å². The predicted octanol–water partition coefficient (Wildman–Crippen LogP) is 4.10. The molecular weight excluding hydrogens is 298 g/mol. The van der Waals surface area contributed by atoms with Crippen molar-refractivity contribution >= 4 is 11.2 Å². The van der Waals surface area contributed by atoms with E-state index in [-0.39, 0.29) is 11.5 Å². The van der Waals surface area contributed by atoms with Gasteiger partial charge in [-0.3, -0.25) is 0 Å². The number of aromatic nitrogens is 3. The molecule has 0 aliphatic carbocycles. The lowest BCUT2D eigenvalue weighted by Crippen LogP contribution is -2.08. The van der Waals surface area contributed by atoms with Crippen molar-refractivity contribution in [1.29, 1.82) is 0 Å². The molecule has 2 heterocycles. The van der Waals surface area contributed by atoms with E-state index in [0.717, 1.165) is 6.07 Å². The van der Waals surface area contributed by atoms with Gasteiger partial charge in [0.15, 0.2) is 5.65 Å². The first-order valence-electron chi connectivity index (χ1n) is 6.44. The zero-order valence-electron chi connectivity index (χ0n) is 11.7. The maximum absolute atomic E-state index is 13.3. The van der Waals surface area contributed by atoms with Crippen LogP contribution in [-0.2, 0) is 13.2 Å². The largest absolute Gasteiger partial charge is 0.433 e. The normalized spacial score (nSPS) is 12.1. The molecule has 0 aliphatic heterocycles. The second-order valence-electron chi connectivity index (χ2n) is 5.00. The third-order valence-electron chi connectivity index (χ3n) is 3.42. The molecule has 0 amide bonds. The average Bonchev–Trinajstić information content (AvgIpc) is 2.78. The monoisotopic (exact) mass is 309 g/mol. The fourth-order valence-electron chi connectivity index (χ4n) is 2.26. The summed E-state index contributed by atoms with van der Waals surface area (Å²) in [6.45, 7) is 1.61. The highest BCUT2D eigenvalue weighted by atomic mass is 19.4. The quantitative estimate of drug-likeness (QED) is 0.634. The van der Waals surface area contributed by atoms with Gasteiger partial charge in [-0.25, -0.2) is 14.4 Å². The third kappa shape index (κ3) is 2.32. The van der Waals surface area contributed by atoms with E-state index in [0.29, 0.717) is 22.5 Å². The molecule has 0 unspecified atom stereocenters. The fourth-order valence-corrected chi connectivity index (χ4v) is 2.26.